The molecule has 1 aliphatic rings. The normalized spacial score (nSPS) is 23.1. The van der Waals surface area contributed by atoms with Crippen LogP contribution in [0.4, 0.5) is 4.79 Å². The lowest BCUT2D eigenvalue weighted by Gasteiger charge is -2.20. The van der Waals surface area contributed by atoms with Crippen molar-refractivity contribution in [2.75, 3.05) is 0 Å². The number of carbonyl (C=O) groups excluding carboxylic acids is 2. The molecule has 0 bridgehead atoms. The van der Waals surface area contributed by atoms with Gasteiger partial charge in [-0.25, -0.2) is 4.79 Å². The highest BCUT2D eigenvalue weighted by atomic mass is 16.4. The Morgan fingerprint density at radius 2 is 1.95 bits per heavy atom. The molecule has 7 nitrogen and oxygen atoms in total. The van der Waals surface area contributed by atoms with E-state index in [0.717, 1.165) is 0 Å². The van der Waals surface area contributed by atoms with E-state index in [9.17, 15) is 14.4 Å². The fourth-order valence-electron chi connectivity index (χ4n) is 1.91. The Labute approximate surface area is 111 Å². The average molecular weight is 269 g/mol. The number of aliphatic carboxylic acids is 1. The Morgan fingerprint density at radius 1 is 1.32 bits per heavy atom. The van der Waals surface area contributed by atoms with E-state index in [0.29, 0.717) is 6.42 Å². The van der Waals surface area contributed by atoms with Crippen LogP contribution in [-0.2, 0) is 9.59 Å². The molecule has 0 heterocycles. The number of amides is 3. The SMILES string of the molecule is CC(C)C(NC(=O)NC1C=CC(C(=O)O)C1)C(N)=O. The minimum absolute atomic E-state index is 0.117. The third kappa shape index (κ3) is 4.27. The quantitative estimate of drug-likeness (QED) is 0.517. The van der Waals surface area contributed by atoms with Gasteiger partial charge in [-0.2, -0.15) is 0 Å². The molecule has 5 N–H and O–H groups in total. The molecule has 0 saturated heterocycles. The predicted octanol–water partition coefficient (Wildman–Crippen LogP) is -0.175. The van der Waals surface area contributed by atoms with Crippen molar-refractivity contribution in [1.82, 2.24) is 10.6 Å². The number of hydrogen-bond donors (Lipinski definition) is 4. The van der Waals surface area contributed by atoms with Crippen molar-refractivity contribution in [2.24, 2.45) is 17.6 Å². The first kappa shape index (κ1) is 15.0. The number of nitrogens with one attached hydrogen (secondary N) is 2. The Kier molecular flexibility index (Phi) is 4.91. The van der Waals surface area contributed by atoms with Crippen LogP contribution in [0.5, 0.6) is 0 Å². The van der Waals surface area contributed by atoms with Gasteiger partial charge in [0.1, 0.15) is 6.04 Å². The number of primary amides is 1. The van der Waals surface area contributed by atoms with E-state index in [1.807, 2.05) is 0 Å². The van der Waals surface area contributed by atoms with E-state index < -0.39 is 29.9 Å². The van der Waals surface area contributed by atoms with Crippen LogP contribution in [0.15, 0.2) is 12.2 Å². The molecule has 1 rings (SSSR count). The average Bonchev–Trinajstić information content (AvgIpc) is 2.73. The second-order valence-electron chi connectivity index (χ2n) is 4.91. The first-order chi connectivity index (χ1) is 8.81. The maximum Gasteiger partial charge on any atom is 0.315 e. The Balaban J connectivity index is 2.46. The van der Waals surface area contributed by atoms with Crippen LogP contribution in [-0.4, -0.2) is 35.1 Å². The first-order valence-electron chi connectivity index (χ1n) is 6.08. The minimum atomic E-state index is -0.918. The summed E-state index contributed by atoms with van der Waals surface area (Å²) >= 11 is 0. The van der Waals surface area contributed by atoms with Crippen LogP contribution in [0.3, 0.4) is 0 Å². The van der Waals surface area contributed by atoms with E-state index in [1.165, 1.54) is 0 Å². The van der Waals surface area contributed by atoms with Crippen molar-refractivity contribution in [2.45, 2.75) is 32.4 Å². The van der Waals surface area contributed by atoms with E-state index in [4.69, 9.17) is 10.8 Å². The number of carbonyl (C=O) groups is 3. The Bertz CT molecular complexity index is 406. The van der Waals surface area contributed by atoms with Gasteiger partial charge in [-0.15, -0.1) is 0 Å². The lowest BCUT2D eigenvalue weighted by molar-refractivity contribution is -0.140. The summed E-state index contributed by atoms with van der Waals surface area (Å²) in [6.45, 7) is 3.54. The topological polar surface area (TPSA) is 122 Å². The lowest BCUT2D eigenvalue weighted by Crippen LogP contribution is -2.52. The molecule has 0 aromatic carbocycles. The van der Waals surface area contributed by atoms with Gasteiger partial charge in [0.25, 0.3) is 0 Å². The van der Waals surface area contributed by atoms with Gasteiger partial charge in [0.15, 0.2) is 0 Å². The molecule has 106 valence electrons. The second kappa shape index (κ2) is 6.21. The largest absolute Gasteiger partial charge is 0.481 e. The molecule has 0 fully saturated rings. The molecule has 1 aliphatic carbocycles. The molecule has 0 aliphatic heterocycles. The standard InChI is InChI=1S/C12H19N3O4/c1-6(2)9(10(13)16)15-12(19)14-8-4-3-7(5-8)11(17)18/h3-4,6-9H,5H2,1-2H3,(H2,13,16)(H,17,18)(H2,14,15,19). The highest BCUT2D eigenvalue weighted by Gasteiger charge is 2.27. The summed E-state index contributed by atoms with van der Waals surface area (Å²) in [5, 5.41) is 13.9. The van der Waals surface area contributed by atoms with Crippen LogP contribution in [0.25, 0.3) is 0 Å². The van der Waals surface area contributed by atoms with Gasteiger partial charge in [-0.1, -0.05) is 26.0 Å². The fourth-order valence-corrected chi connectivity index (χ4v) is 1.91. The second-order valence-corrected chi connectivity index (χ2v) is 4.91. The van der Waals surface area contributed by atoms with Crippen LogP contribution < -0.4 is 16.4 Å². The van der Waals surface area contributed by atoms with Crippen molar-refractivity contribution in [3.63, 3.8) is 0 Å². The summed E-state index contributed by atoms with van der Waals surface area (Å²) < 4.78 is 0. The molecule has 3 unspecified atom stereocenters. The van der Waals surface area contributed by atoms with Gasteiger partial charge < -0.3 is 21.5 Å². The van der Waals surface area contributed by atoms with Gasteiger partial charge in [0.2, 0.25) is 5.91 Å². The van der Waals surface area contributed by atoms with Gasteiger partial charge in [-0.3, -0.25) is 9.59 Å². The summed E-state index contributed by atoms with van der Waals surface area (Å²) in [4.78, 5) is 33.6. The van der Waals surface area contributed by atoms with E-state index >= 15 is 0 Å². The minimum Gasteiger partial charge on any atom is -0.481 e. The molecule has 0 aromatic rings. The maximum absolute atomic E-state index is 11.7. The molecule has 0 spiro atoms. The molecular weight excluding hydrogens is 250 g/mol. The molecule has 19 heavy (non-hydrogen) atoms. The molecule has 0 aromatic heterocycles. The zero-order valence-corrected chi connectivity index (χ0v) is 10.9. The summed E-state index contributed by atoms with van der Waals surface area (Å²) in [6, 6.07) is -1.62. The summed E-state index contributed by atoms with van der Waals surface area (Å²) in [5.74, 6) is -2.22. The maximum atomic E-state index is 11.7. The zero-order valence-electron chi connectivity index (χ0n) is 10.9. The van der Waals surface area contributed by atoms with E-state index in [-0.39, 0.29) is 12.0 Å². The highest BCUT2D eigenvalue weighted by Crippen LogP contribution is 2.17. The van der Waals surface area contributed by atoms with Crippen molar-refractivity contribution >= 4 is 17.9 Å². The number of nitrogens with two attached hydrogens (primary N) is 1. The van der Waals surface area contributed by atoms with Crippen LogP contribution >= 0.6 is 0 Å². The molecule has 3 atom stereocenters. The molecule has 3 amide bonds. The third-order valence-electron chi connectivity index (χ3n) is 2.98. The van der Waals surface area contributed by atoms with E-state index in [2.05, 4.69) is 10.6 Å². The van der Waals surface area contributed by atoms with Crippen molar-refractivity contribution in [3.05, 3.63) is 12.2 Å². The third-order valence-corrected chi connectivity index (χ3v) is 2.98. The Hall–Kier alpha value is -2.05. The summed E-state index contributed by atoms with van der Waals surface area (Å²) in [6.07, 6.45) is 3.49. The van der Waals surface area contributed by atoms with E-state index in [1.54, 1.807) is 26.0 Å². The monoisotopic (exact) mass is 269 g/mol. The number of carboxylic acids is 1. The molecular formula is C12H19N3O4. The molecule has 7 heteroatoms. The predicted molar refractivity (Wildman–Crippen MR) is 68.2 cm³/mol. The van der Waals surface area contributed by atoms with Gasteiger partial charge in [0.05, 0.1) is 12.0 Å². The van der Waals surface area contributed by atoms with Crippen molar-refractivity contribution < 1.29 is 19.5 Å². The van der Waals surface area contributed by atoms with Crippen LogP contribution in [0.2, 0.25) is 0 Å². The summed E-state index contributed by atoms with van der Waals surface area (Å²) in [7, 11) is 0. The van der Waals surface area contributed by atoms with Gasteiger partial charge in [-0.05, 0) is 12.3 Å². The summed E-state index contributed by atoms with van der Waals surface area (Å²) in [5.41, 5.74) is 5.18. The van der Waals surface area contributed by atoms with Gasteiger partial charge >= 0.3 is 12.0 Å². The number of rotatable bonds is 5. The van der Waals surface area contributed by atoms with Crippen molar-refractivity contribution in [3.8, 4) is 0 Å². The van der Waals surface area contributed by atoms with Crippen LogP contribution in [0.1, 0.15) is 20.3 Å². The lowest BCUT2D eigenvalue weighted by atomic mass is 10.0. The Morgan fingerprint density at radius 3 is 2.37 bits per heavy atom. The highest BCUT2D eigenvalue weighted by molar-refractivity contribution is 5.86. The number of urea groups is 1. The van der Waals surface area contributed by atoms with Gasteiger partial charge in [0, 0.05) is 0 Å². The number of hydrogen-bond acceptors (Lipinski definition) is 3. The van der Waals surface area contributed by atoms with Crippen LogP contribution in [0, 0.1) is 11.8 Å². The zero-order chi connectivity index (χ0) is 14.6. The fraction of sp³-hybridized carbons (Fsp3) is 0.583. The smallest absolute Gasteiger partial charge is 0.315 e. The number of carboxylic acid groups (broad SMARTS) is 1. The molecule has 0 radical (unpaired) electrons. The molecule has 0 saturated carbocycles. The first-order valence-corrected chi connectivity index (χ1v) is 6.08. The van der Waals surface area contributed by atoms with Crippen molar-refractivity contribution in [1.29, 1.82) is 0 Å².